The first-order valence-electron chi connectivity index (χ1n) is 9.43. The highest BCUT2D eigenvalue weighted by Crippen LogP contribution is 2.31. The fraction of sp³-hybridized carbons (Fsp3) is 0.227. The lowest BCUT2D eigenvalue weighted by Gasteiger charge is -2.16. The Morgan fingerprint density at radius 2 is 1.76 bits per heavy atom. The minimum absolute atomic E-state index is 0.194. The van der Waals surface area contributed by atoms with Crippen molar-refractivity contribution in [3.63, 3.8) is 0 Å². The van der Waals surface area contributed by atoms with Crippen LogP contribution in [-0.4, -0.2) is 24.9 Å². The van der Waals surface area contributed by atoms with Crippen LogP contribution >= 0.6 is 0 Å². The fourth-order valence-corrected chi connectivity index (χ4v) is 4.88. The zero-order valence-electron chi connectivity index (χ0n) is 16.0. The summed E-state index contributed by atoms with van der Waals surface area (Å²) in [6.45, 7) is 2.77. The quantitative estimate of drug-likeness (QED) is 0.606. The normalized spacial score (nSPS) is 15.9. The zero-order valence-corrected chi connectivity index (χ0v) is 16.9. The molecule has 0 spiro atoms. The van der Waals surface area contributed by atoms with Crippen LogP contribution in [-0.2, 0) is 21.4 Å². The summed E-state index contributed by atoms with van der Waals surface area (Å²) in [6.07, 6.45) is 1.94. The van der Waals surface area contributed by atoms with Crippen LogP contribution in [0, 0.1) is 6.92 Å². The molecule has 1 amide bonds. The molecule has 1 N–H and O–H groups in total. The largest absolute Gasteiger partial charge is 0.377 e. The van der Waals surface area contributed by atoms with E-state index in [1.54, 1.807) is 30.3 Å². The number of benzene rings is 2. The van der Waals surface area contributed by atoms with Gasteiger partial charge in [-0.1, -0.05) is 48.0 Å². The number of hydrogen-bond donors (Lipinski definition) is 1. The van der Waals surface area contributed by atoms with E-state index >= 15 is 0 Å². The molecule has 0 fully saturated rings. The molecule has 150 valence electrons. The molecule has 1 unspecified atom stereocenters. The van der Waals surface area contributed by atoms with E-state index in [-0.39, 0.29) is 10.8 Å². The topological polar surface area (TPSA) is 77.4 Å². The molecule has 0 bridgehead atoms. The summed E-state index contributed by atoms with van der Waals surface area (Å²) >= 11 is 0. The van der Waals surface area contributed by atoms with Crippen molar-refractivity contribution >= 4 is 15.9 Å². The van der Waals surface area contributed by atoms with Gasteiger partial charge >= 0.3 is 0 Å². The van der Waals surface area contributed by atoms with Crippen LogP contribution in [0.3, 0.4) is 0 Å². The van der Waals surface area contributed by atoms with Crippen molar-refractivity contribution in [2.45, 2.75) is 30.9 Å². The van der Waals surface area contributed by atoms with E-state index in [9.17, 15) is 13.2 Å². The number of rotatable bonds is 7. The van der Waals surface area contributed by atoms with E-state index in [0.29, 0.717) is 30.9 Å². The number of aromatic nitrogens is 1. The minimum atomic E-state index is -3.78. The first-order valence-corrected chi connectivity index (χ1v) is 10.9. The van der Waals surface area contributed by atoms with Crippen molar-refractivity contribution in [1.29, 1.82) is 0 Å². The molecule has 4 rings (SSSR count). The van der Waals surface area contributed by atoms with Gasteiger partial charge in [0.15, 0.2) is 0 Å². The zero-order chi connectivity index (χ0) is 20.4. The van der Waals surface area contributed by atoms with Crippen LogP contribution in [0.4, 0.5) is 0 Å². The second-order valence-electron chi connectivity index (χ2n) is 7.08. The van der Waals surface area contributed by atoms with Crippen LogP contribution in [0.15, 0.2) is 71.8 Å². The van der Waals surface area contributed by atoms with Crippen LogP contribution in [0.25, 0.3) is 0 Å². The maximum atomic E-state index is 13.1. The van der Waals surface area contributed by atoms with Crippen molar-refractivity contribution < 1.29 is 17.9 Å². The van der Waals surface area contributed by atoms with E-state index in [1.807, 2.05) is 37.3 Å². The van der Waals surface area contributed by atoms with Crippen molar-refractivity contribution in [3.05, 3.63) is 89.2 Å². The van der Waals surface area contributed by atoms with Gasteiger partial charge in [-0.05, 0) is 37.1 Å². The molecule has 0 aliphatic carbocycles. The fourth-order valence-electron chi connectivity index (χ4n) is 3.47. The Labute approximate surface area is 170 Å². The maximum Gasteiger partial charge on any atom is 0.267 e. The molecule has 1 aliphatic heterocycles. The summed E-state index contributed by atoms with van der Waals surface area (Å²) in [7, 11) is -3.78. The predicted octanol–water partition coefficient (Wildman–Crippen LogP) is 3.42. The highest BCUT2D eigenvalue weighted by Gasteiger charge is 2.35. The summed E-state index contributed by atoms with van der Waals surface area (Å²) in [6, 6.07) is 17.6. The highest BCUT2D eigenvalue weighted by molar-refractivity contribution is 7.90. The number of amides is 1. The average Bonchev–Trinajstić information content (AvgIpc) is 3.29. The number of carbonyl (C=O) groups excluding carboxylic acids is 1. The van der Waals surface area contributed by atoms with Crippen molar-refractivity contribution in [2.24, 2.45) is 0 Å². The van der Waals surface area contributed by atoms with Crippen LogP contribution in [0.2, 0.25) is 0 Å². The Balaban J connectivity index is 1.52. The Morgan fingerprint density at radius 3 is 2.48 bits per heavy atom. The summed E-state index contributed by atoms with van der Waals surface area (Å²) in [5.41, 5.74) is 2.91. The number of carbonyl (C=O) groups is 1. The van der Waals surface area contributed by atoms with Crippen molar-refractivity contribution in [2.75, 3.05) is 6.61 Å². The van der Waals surface area contributed by atoms with Gasteiger partial charge in [0, 0.05) is 12.8 Å². The Hall–Kier alpha value is -2.90. The standard InChI is InChI=1S/C22H22N2O4S/c1-16-7-9-18(10-8-16)29(26,27)24-13-11-19-21(24)20(23-22(19)25)12-14-28-15-17-5-3-2-4-6-17/h2-11,13,20H,12,14-15H2,1H3,(H,23,25). The van der Waals surface area contributed by atoms with Crippen LogP contribution in [0.1, 0.15) is 39.6 Å². The third-order valence-electron chi connectivity index (χ3n) is 5.01. The Kier molecular flexibility index (Phi) is 5.25. The smallest absolute Gasteiger partial charge is 0.267 e. The minimum Gasteiger partial charge on any atom is -0.377 e. The summed E-state index contributed by atoms with van der Waals surface area (Å²) in [5.74, 6) is -0.258. The van der Waals surface area contributed by atoms with E-state index < -0.39 is 16.1 Å². The van der Waals surface area contributed by atoms with E-state index in [2.05, 4.69) is 5.32 Å². The number of nitrogens with zero attached hydrogens (tertiary/aromatic N) is 1. The van der Waals surface area contributed by atoms with E-state index in [1.165, 1.54) is 10.2 Å². The third kappa shape index (κ3) is 3.83. The summed E-state index contributed by atoms with van der Waals surface area (Å²) in [5, 5.41) is 2.87. The number of aryl methyl sites for hydroxylation is 1. The second kappa shape index (κ2) is 7.85. The monoisotopic (exact) mass is 410 g/mol. The molecule has 3 aromatic rings. The van der Waals surface area contributed by atoms with Gasteiger partial charge in [0.25, 0.3) is 15.9 Å². The van der Waals surface area contributed by atoms with Crippen molar-refractivity contribution in [3.8, 4) is 0 Å². The van der Waals surface area contributed by atoms with Crippen molar-refractivity contribution in [1.82, 2.24) is 9.29 Å². The molecule has 2 heterocycles. The van der Waals surface area contributed by atoms with Crippen LogP contribution < -0.4 is 5.32 Å². The van der Waals surface area contributed by atoms with Gasteiger partial charge in [0.2, 0.25) is 0 Å². The molecular formula is C22H22N2O4S. The number of nitrogens with one attached hydrogen (secondary N) is 1. The van der Waals surface area contributed by atoms with Gasteiger partial charge in [0.05, 0.1) is 28.8 Å². The van der Waals surface area contributed by atoms with Gasteiger partial charge in [-0.3, -0.25) is 4.79 Å². The molecule has 1 atom stereocenters. The predicted molar refractivity (Wildman–Crippen MR) is 109 cm³/mol. The summed E-state index contributed by atoms with van der Waals surface area (Å²) in [4.78, 5) is 12.5. The molecule has 6 nitrogen and oxygen atoms in total. The molecule has 0 saturated heterocycles. The lowest BCUT2D eigenvalue weighted by atomic mass is 10.1. The van der Waals surface area contributed by atoms with E-state index in [0.717, 1.165) is 11.1 Å². The third-order valence-corrected chi connectivity index (χ3v) is 6.71. The molecule has 1 aliphatic rings. The van der Waals surface area contributed by atoms with Gasteiger partial charge in [-0.25, -0.2) is 12.4 Å². The number of ether oxygens (including phenoxy) is 1. The molecule has 1 aromatic heterocycles. The maximum absolute atomic E-state index is 13.1. The molecule has 0 radical (unpaired) electrons. The first kappa shape index (κ1) is 19.4. The van der Waals surface area contributed by atoms with E-state index in [4.69, 9.17) is 4.74 Å². The number of hydrogen-bond acceptors (Lipinski definition) is 4. The van der Waals surface area contributed by atoms with Gasteiger partial charge < -0.3 is 10.1 Å². The Morgan fingerprint density at radius 1 is 1.03 bits per heavy atom. The van der Waals surface area contributed by atoms with Gasteiger partial charge in [-0.15, -0.1) is 0 Å². The van der Waals surface area contributed by atoms with Gasteiger partial charge in [-0.2, -0.15) is 0 Å². The molecule has 29 heavy (non-hydrogen) atoms. The molecule has 0 saturated carbocycles. The van der Waals surface area contributed by atoms with Crippen LogP contribution in [0.5, 0.6) is 0 Å². The second-order valence-corrected chi connectivity index (χ2v) is 8.90. The van der Waals surface area contributed by atoms with Gasteiger partial charge in [0.1, 0.15) is 0 Å². The lowest BCUT2D eigenvalue weighted by Crippen LogP contribution is -2.24. The lowest BCUT2D eigenvalue weighted by molar-refractivity contribution is 0.0922. The number of fused-ring (bicyclic) bond motifs is 1. The summed E-state index contributed by atoms with van der Waals surface area (Å²) < 4.78 is 33.2. The SMILES string of the molecule is Cc1ccc(S(=O)(=O)n2ccc3c2C(CCOCc2ccccc2)NC3=O)cc1. The average molecular weight is 410 g/mol. The first-order chi connectivity index (χ1) is 14.0. The highest BCUT2D eigenvalue weighted by atomic mass is 32.2. The molecular weight excluding hydrogens is 388 g/mol. The molecule has 2 aromatic carbocycles. The molecule has 7 heteroatoms. The Bertz CT molecular complexity index is 1120.